The predicted octanol–water partition coefficient (Wildman–Crippen LogP) is 4.91. The van der Waals surface area contributed by atoms with Gasteiger partial charge >= 0.3 is 0 Å². The highest BCUT2D eigenvalue weighted by molar-refractivity contribution is 7.89. The van der Waals surface area contributed by atoms with Crippen LogP contribution in [0.4, 0.5) is 5.69 Å². The summed E-state index contributed by atoms with van der Waals surface area (Å²) in [6.07, 6.45) is 12.6. The molecule has 2 heterocycles. The Bertz CT molecular complexity index is 971. The topological polar surface area (TPSA) is 79.4 Å². The first-order chi connectivity index (χ1) is 15.0. The van der Waals surface area contributed by atoms with Gasteiger partial charge in [-0.1, -0.05) is 38.2 Å². The number of anilines is 1. The van der Waals surface area contributed by atoms with Gasteiger partial charge in [0.05, 0.1) is 10.9 Å². The third-order valence-electron chi connectivity index (χ3n) is 6.52. The quantitative estimate of drug-likeness (QED) is 0.662. The summed E-state index contributed by atoms with van der Waals surface area (Å²) in [4.78, 5) is 16.7. The Hall–Kier alpha value is -2.25. The molecule has 1 atom stereocenters. The molecule has 7 heteroatoms. The molecule has 4 rings (SSSR count). The lowest BCUT2D eigenvalue weighted by Gasteiger charge is -2.34. The van der Waals surface area contributed by atoms with Crippen molar-refractivity contribution in [1.29, 1.82) is 0 Å². The number of aromatic nitrogens is 1. The van der Waals surface area contributed by atoms with Crippen LogP contribution in [0.15, 0.2) is 53.7 Å². The minimum atomic E-state index is -3.63. The van der Waals surface area contributed by atoms with E-state index in [2.05, 4.69) is 10.3 Å². The van der Waals surface area contributed by atoms with Crippen LogP contribution < -0.4 is 5.32 Å². The van der Waals surface area contributed by atoms with Gasteiger partial charge in [-0.3, -0.25) is 9.78 Å². The number of rotatable bonds is 7. The Morgan fingerprint density at radius 2 is 1.77 bits per heavy atom. The fourth-order valence-electron chi connectivity index (χ4n) is 4.80. The standard InChI is InChI=1S/C24H31N3O3S/c28-24(15-10-19-6-1-2-7-19)26-21-11-13-22(14-12-21)31(29,30)27-17-4-3-9-23(27)20-8-5-16-25-18-20/h5,8,11-14,16,18-19,23H,1-4,6-7,9-10,15,17H2,(H,26,28)/t23-/m0/s1. The first-order valence-corrected chi connectivity index (χ1v) is 12.8. The molecule has 1 amide bonds. The first-order valence-electron chi connectivity index (χ1n) is 11.4. The Morgan fingerprint density at radius 1 is 1.03 bits per heavy atom. The molecule has 1 aromatic heterocycles. The summed E-state index contributed by atoms with van der Waals surface area (Å²) >= 11 is 0. The highest BCUT2D eigenvalue weighted by atomic mass is 32.2. The van der Waals surface area contributed by atoms with E-state index in [0.717, 1.165) is 31.2 Å². The second-order valence-electron chi connectivity index (χ2n) is 8.68. The average molecular weight is 442 g/mol. The van der Waals surface area contributed by atoms with Crippen molar-refractivity contribution in [3.05, 3.63) is 54.4 Å². The van der Waals surface area contributed by atoms with Gasteiger partial charge in [0.2, 0.25) is 15.9 Å². The predicted molar refractivity (Wildman–Crippen MR) is 121 cm³/mol. The SMILES string of the molecule is O=C(CCC1CCCC1)Nc1ccc(S(=O)(=O)N2CCCC[C@H]2c2cccnc2)cc1. The fourth-order valence-corrected chi connectivity index (χ4v) is 6.48. The van der Waals surface area contributed by atoms with Gasteiger partial charge in [0, 0.05) is 31.0 Å². The molecule has 1 saturated heterocycles. The lowest BCUT2D eigenvalue weighted by Crippen LogP contribution is -2.38. The number of nitrogens with zero attached hydrogens (tertiary/aromatic N) is 2. The molecule has 0 spiro atoms. The molecular formula is C24H31N3O3S. The van der Waals surface area contributed by atoms with Crippen LogP contribution in [0, 0.1) is 5.92 Å². The Kier molecular flexibility index (Phi) is 7.02. The van der Waals surface area contributed by atoms with Crippen LogP contribution in [0.1, 0.15) is 69.4 Å². The molecule has 31 heavy (non-hydrogen) atoms. The Morgan fingerprint density at radius 3 is 2.48 bits per heavy atom. The highest BCUT2D eigenvalue weighted by Gasteiger charge is 2.34. The summed E-state index contributed by atoms with van der Waals surface area (Å²) < 4.78 is 28.3. The van der Waals surface area contributed by atoms with Crippen molar-refractivity contribution in [2.45, 2.75) is 68.7 Å². The third kappa shape index (κ3) is 5.33. The second-order valence-corrected chi connectivity index (χ2v) is 10.6. The van der Waals surface area contributed by atoms with E-state index >= 15 is 0 Å². The molecule has 1 aromatic carbocycles. The maximum absolute atomic E-state index is 13.4. The summed E-state index contributed by atoms with van der Waals surface area (Å²) in [5.41, 5.74) is 1.56. The summed E-state index contributed by atoms with van der Waals surface area (Å²) in [5.74, 6) is 0.672. The van der Waals surface area contributed by atoms with E-state index in [0.29, 0.717) is 24.6 Å². The Balaban J connectivity index is 1.42. The van der Waals surface area contributed by atoms with E-state index in [9.17, 15) is 13.2 Å². The highest BCUT2D eigenvalue weighted by Crippen LogP contribution is 2.35. The number of amides is 1. The van der Waals surface area contributed by atoms with E-state index in [1.54, 1.807) is 41.0 Å². The zero-order chi connectivity index (χ0) is 21.7. The molecule has 0 radical (unpaired) electrons. The van der Waals surface area contributed by atoms with Gasteiger partial charge in [0.1, 0.15) is 0 Å². The van der Waals surface area contributed by atoms with Crippen molar-refractivity contribution >= 4 is 21.6 Å². The minimum Gasteiger partial charge on any atom is -0.326 e. The van der Waals surface area contributed by atoms with Crippen LogP contribution >= 0.6 is 0 Å². The summed E-state index contributed by atoms with van der Waals surface area (Å²) in [5, 5.41) is 2.90. The number of carbonyl (C=O) groups excluding carboxylic acids is 1. The molecule has 2 fully saturated rings. The van der Waals surface area contributed by atoms with Crippen LogP contribution in [-0.4, -0.2) is 30.2 Å². The van der Waals surface area contributed by atoms with Crippen molar-refractivity contribution in [3.8, 4) is 0 Å². The molecule has 0 unspecified atom stereocenters. The fraction of sp³-hybridized carbons (Fsp3) is 0.500. The van der Waals surface area contributed by atoms with E-state index in [1.807, 2.05) is 12.1 Å². The number of piperidine rings is 1. The molecule has 1 saturated carbocycles. The number of benzene rings is 1. The van der Waals surface area contributed by atoms with E-state index in [1.165, 1.54) is 25.7 Å². The van der Waals surface area contributed by atoms with Gasteiger partial charge in [0.15, 0.2) is 0 Å². The van der Waals surface area contributed by atoms with Crippen molar-refractivity contribution < 1.29 is 13.2 Å². The van der Waals surface area contributed by atoms with Gasteiger partial charge in [-0.05, 0) is 61.1 Å². The monoisotopic (exact) mass is 441 g/mol. The normalized spacial score (nSPS) is 20.6. The molecule has 0 bridgehead atoms. The van der Waals surface area contributed by atoms with Crippen LogP contribution in [0.3, 0.4) is 0 Å². The summed E-state index contributed by atoms with van der Waals surface area (Å²) in [6, 6.07) is 10.2. The van der Waals surface area contributed by atoms with Gasteiger partial charge in [0.25, 0.3) is 0 Å². The van der Waals surface area contributed by atoms with Gasteiger partial charge in [-0.25, -0.2) is 8.42 Å². The van der Waals surface area contributed by atoms with Crippen molar-refractivity contribution in [2.24, 2.45) is 5.92 Å². The largest absolute Gasteiger partial charge is 0.326 e. The zero-order valence-electron chi connectivity index (χ0n) is 17.9. The zero-order valence-corrected chi connectivity index (χ0v) is 18.7. The number of pyridine rings is 1. The number of carbonyl (C=O) groups is 1. The molecule has 166 valence electrons. The van der Waals surface area contributed by atoms with Crippen molar-refractivity contribution in [2.75, 3.05) is 11.9 Å². The van der Waals surface area contributed by atoms with Crippen LogP contribution in [0.2, 0.25) is 0 Å². The average Bonchev–Trinajstić information content (AvgIpc) is 3.32. The number of hydrogen-bond acceptors (Lipinski definition) is 4. The van der Waals surface area contributed by atoms with E-state index < -0.39 is 10.0 Å². The molecule has 1 aliphatic heterocycles. The van der Waals surface area contributed by atoms with E-state index in [4.69, 9.17) is 0 Å². The van der Waals surface area contributed by atoms with Crippen LogP contribution in [0.5, 0.6) is 0 Å². The maximum atomic E-state index is 13.4. The van der Waals surface area contributed by atoms with E-state index in [-0.39, 0.29) is 16.8 Å². The van der Waals surface area contributed by atoms with Crippen LogP contribution in [0.25, 0.3) is 0 Å². The molecule has 2 aromatic rings. The first kappa shape index (κ1) is 22.0. The number of hydrogen-bond donors (Lipinski definition) is 1. The van der Waals surface area contributed by atoms with Gasteiger partial charge in [-0.15, -0.1) is 0 Å². The Labute approximate surface area is 185 Å². The minimum absolute atomic E-state index is 0.00446. The molecule has 6 nitrogen and oxygen atoms in total. The molecule has 1 N–H and O–H groups in total. The van der Waals surface area contributed by atoms with Crippen molar-refractivity contribution in [1.82, 2.24) is 9.29 Å². The number of sulfonamides is 1. The molecule has 1 aliphatic carbocycles. The summed E-state index contributed by atoms with van der Waals surface area (Å²) in [7, 11) is -3.63. The van der Waals surface area contributed by atoms with Gasteiger partial charge in [-0.2, -0.15) is 4.31 Å². The number of nitrogens with one attached hydrogen (secondary N) is 1. The molecular weight excluding hydrogens is 410 g/mol. The second kappa shape index (κ2) is 9.92. The molecule has 2 aliphatic rings. The lowest BCUT2D eigenvalue weighted by atomic mass is 9.99. The van der Waals surface area contributed by atoms with Crippen molar-refractivity contribution in [3.63, 3.8) is 0 Å². The summed E-state index contributed by atoms with van der Waals surface area (Å²) in [6.45, 7) is 0.502. The third-order valence-corrected chi connectivity index (χ3v) is 8.44. The van der Waals surface area contributed by atoms with Crippen LogP contribution in [-0.2, 0) is 14.8 Å². The lowest BCUT2D eigenvalue weighted by molar-refractivity contribution is -0.116. The van der Waals surface area contributed by atoms with Gasteiger partial charge < -0.3 is 5.32 Å². The maximum Gasteiger partial charge on any atom is 0.243 e. The smallest absolute Gasteiger partial charge is 0.243 e.